The molecular formula is C16H20N2O. The Morgan fingerprint density at radius 1 is 1.16 bits per heavy atom. The number of fused-ring (bicyclic) bond motifs is 1. The van der Waals surface area contributed by atoms with Crippen LogP contribution in [0.1, 0.15) is 18.4 Å². The molecule has 0 amide bonds. The van der Waals surface area contributed by atoms with E-state index in [-0.39, 0.29) is 0 Å². The average Bonchev–Trinajstić information content (AvgIpc) is 2.48. The van der Waals surface area contributed by atoms with Crippen LogP contribution in [0.2, 0.25) is 0 Å². The third-order valence-electron chi connectivity index (χ3n) is 4.08. The number of pyridine rings is 1. The minimum absolute atomic E-state index is 0.337. The summed E-state index contributed by atoms with van der Waals surface area (Å²) in [5.74, 6) is 0.502. The van der Waals surface area contributed by atoms with Gasteiger partial charge in [-0.1, -0.05) is 24.3 Å². The lowest BCUT2D eigenvalue weighted by atomic mass is 9.97. The van der Waals surface area contributed by atoms with Gasteiger partial charge in [-0.25, -0.2) is 0 Å². The highest BCUT2D eigenvalue weighted by Crippen LogP contribution is 2.21. The van der Waals surface area contributed by atoms with Crippen LogP contribution in [-0.2, 0) is 6.54 Å². The minimum Gasteiger partial charge on any atom is -0.396 e. The summed E-state index contributed by atoms with van der Waals surface area (Å²) in [6, 6.07) is 10.5. The highest BCUT2D eigenvalue weighted by molar-refractivity contribution is 5.81. The molecule has 0 aliphatic carbocycles. The highest BCUT2D eigenvalue weighted by Gasteiger charge is 2.18. The second kappa shape index (κ2) is 5.68. The Labute approximate surface area is 113 Å². The summed E-state index contributed by atoms with van der Waals surface area (Å²) >= 11 is 0. The number of aliphatic hydroxyl groups excluding tert-OH is 1. The zero-order valence-electron chi connectivity index (χ0n) is 11.1. The molecule has 3 nitrogen and oxygen atoms in total. The van der Waals surface area contributed by atoms with E-state index in [1.165, 1.54) is 10.9 Å². The van der Waals surface area contributed by atoms with Crippen molar-refractivity contribution in [2.45, 2.75) is 19.4 Å². The van der Waals surface area contributed by atoms with Crippen molar-refractivity contribution in [2.75, 3.05) is 19.7 Å². The molecule has 0 bridgehead atoms. The molecular weight excluding hydrogens is 236 g/mol. The molecule has 2 heterocycles. The molecule has 19 heavy (non-hydrogen) atoms. The lowest BCUT2D eigenvalue weighted by molar-refractivity contribution is 0.127. The molecule has 0 atom stereocenters. The Balaban J connectivity index is 1.75. The first kappa shape index (κ1) is 12.6. The largest absolute Gasteiger partial charge is 0.396 e. The standard InChI is InChI=1S/C16H20N2O/c19-12-13-6-9-18(10-7-13)11-15-4-1-3-14-5-2-8-17-16(14)15/h1-5,8,13,19H,6-7,9-12H2. The van der Waals surface area contributed by atoms with E-state index in [4.69, 9.17) is 0 Å². The maximum absolute atomic E-state index is 9.18. The Hall–Kier alpha value is -1.45. The molecule has 3 rings (SSSR count). The third-order valence-corrected chi connectivity index (χ3v) is 4.08. The second-order valence-corrected chi connectivity index (χ2v) is 5.39. The number of para-hydroxylation sites is 1. The van der Waals surface area contributed by atoms with E-state index in [1.807, 2.05) is 12.3 Å². The number of piperidine rings is 1. The fourth-order valence-corrected chi connectivity index (χ4v) is 2.86. The van der Waals surface area contributed by atoms with Gasteiger partial charge < -0.3 is 5.11 Å². The van der Waals surface area contributed by atoms with E-state index >= 15 is 0 Å². The van der Waals surface area contributed by atoms with Gasteiger partial charge in [0, 0.05) is 24.7 Å². The second-order valence-electron chi connectivity index (χ2n) is 5.39. The lowest BCUT2D eigenvalue weighted by Gasteiger charge is -2.31. The highest BCUT2D eigenvalue weighted by atomic mass is 16.3. The number of nitrogens with zero attached hydrogens (tertiary/aromatic N) is 2. The van der Waals surface area contributed by atoms with Crippen LogP contribution in [0, 0.1) is 5.92 Å². The van der Waals surface area contributed by atoms with E-state index in [2.05, 4.69) is 34.1 Å². The molecule has 0 radical (unpaired) electrons. The number of rotatable bonds is 3. The molecule has 1 aliphatic heterocycles. The third kappa shape index (κ3) is 2.77. The number of aromatic nitrogens is 1. The van der Waals surface area contributed by atoms with Crippen LogP contribution in [0.3, 0.4) is 0 Å². The fourth-order valence-electron chi connectivity index (χ4n) is 2.86. The number of benzene rings is 1. The first-order chi connectivity index (χ1) is 9.36. The minimum atomic E-state index is 0.337. The smallest absolute Gasteiger partial charge is 0.0746 e. The van der Waals surface area contributed by atoms with Crippen molar-refractivity contribution >= 4 is 10.9 Å². The van der Waals surface area contributed by atoms with Gasteiger partial charge in [-0.05, 0) is 43.5 Å². The van der Waals surface area contributed by atoms with Crippen LogP contribution < -0.4 is 0 Å². The van der Waals surface area contributed by atoms with Crippen molar-refractivity contribution in [3.05, 3.63) is 42.1 Å². The Morgan fingerprint density at radius 2 is 1.95 bits per heavy atom. The molecule has 1 aromatic carbocycles. The summed E-state index contributed by atoms with van der Waals surface area (Å²) in [5, 5.41) is 10.4. The van der Waals surface area contributed by atoms with Crippen molar-refractivity contribution < 1.29 is 5.11 Å². The summed E-state index contributed by atoms with van der Waals surface area (Å²) in [7, 11) is 0. The predicted octanol–water partition coefficient (Wildman–Crippen LogP) is 2.44. The van der Waals surface area contributed by atoms with Crippen LogP contribution in [0.15, 0.2) is 36.5 Å². The predicted molar refractivity (Wildman–Crippen MR) is 76.8 cm³/mol. The molecule has 1 fully saturated rings. The molecule has 1 aromatic heterocycles. The van der Waals surface area contributed by atoms with Crippen LogP contribution in [-0.4, -0.2) is 34.7 Å². The topological polar surface area (TPSA) is 36.4 Å². The first-order valence-corrected chi connectivity index (χ1v) is 7.02. The maximum Gasteiger partial charge on any atom is 0.0746 e. The van der Waals surface area contributed by atoms with Crippen LogP contribution in [0.4, 0.5) is 0 Å². The van der Waals surface area contributed by atoms with E-state index in [0.29, 0.717) is 12.5 Å². The van der Waals surface area contributed by atoms with Crippen LogP contribution in [0.25, 0.3) is 10.9 Å². The molecule has 1 aliphatic rings. The Bertz CT molecular complexity index is 542. The van der Waals surface area contributed by atoms with Gasteiger partial charge in [0.15, 0.2) is 0 Å². The van der Waals surface area contributed by atoms with Crippen LogP contribution >= 0.6 is 0 Å². The number of aliphatic hydroxyl groups is 1. The van der Waals surface area contributed by atoms with E-state index in [1.54, 1.807) is 0 Å². The first-order valence-electron chi connectivity index (χ1n) is 7.02. The summed E-state index contributed by atoms with van der Waals surface area (Å²) in [6.45, 7) is 3.46. The van der Waals surface area contributed by atoms with Gasteiger partial charge >= 0.3 is 0 Å². The summed E-state index contributed by atoms with van der Waals surface area (Å²) < 4.78 is 0. The average molecular weight is 256 g/mol. The van der Waals surface area contributed by atoms with Crippen molar-refractivity contribution in [1.82, 2.24) is 9.88 Å². The molecule has 100 valence electrons. The van der Waals surface area contributed by atoms with Gasteiger partial charge in [0.05, 0.1) is 5.52 Å². The van der Waals surface area contributed by atoms with Gasteiger partial charge in [-0.3, -0.25) is 9.88 Å². The molecule has 2 aromatic rings. The van der Waals surface area contributed by atoms with Gasteiger partial charge in [-0.2, -0.15) is 0 Å². The number of likely N-dealkylation sites (tertiary alicyclic amines) is 1. The van der Waals surface area contributed by atoms with E-state index in [9.17, 15) is 5.11 Å². The Morgan fingerprint density at radius 3 is 2.74 bits per heavy atom. The molecule has 3 heteroatoms. The van der Waals surface area contributed by atoms with Gasteiger partial charge in [0.1, 0.15) is 0 Å². The SMILES string of the molecule is OCC1CCN(Cc2cccc3cccnc23)CC1. The zero-order valence-corrected chi connectivity index (χ0v) is 11.1. The molecule has 1 saturated heterocycles. The van der Waals surface area contributed by atoms with E-state index < -0.39 is 0 Å². The summed E-state index contributed by atoms with van der Waals surface area (Å²) in [4.78, 5) is 6.98. The maximum atomic E-state index is 9.18. The van der Waals surface area contributed by atoms with Gasteiger partial charge in [-0.15, -0.1) is 0 Å². The molecule has 0 spiro atoms. The molecule has 0 saturated carbocycles. The monoisotopic (exact) mass is 256 g/mol. The lowest BCUT2D eigenvalue weighted by Crippen LogP contribution is -2.34. The van der Waals surface area contributed by atoms with Crippen molar-refractivity contribution in [3.8, 4) is 0 Å². The van der Waals surface area contributed by atoms with Crippen molar-refractivity contribution in [3.63, 3.8) is 0 Å². The number of hydrogen-bond donors (Lipinski definition) is 1. The van der Waals surface area contributed by atoms with Crippen molar-refractivity contribution in [1.29, 1.82) is 0 Å². The molecule has 1 N–H and O–H groups in total. The molecule has 0 unspecified atom stereocenters. The Kier molecular flexibility index (Phi) is 3.76. The zero-order chi connectivity index (χ0) is 13.1. The van der Waals surface area contributed by atoms with E-state index in [0.717, 1.165) is 38.0 Å². The van der Waals surface area contributed by atoms with Crippen molar-refractivity contribution in [2.24, 2.45) is 5.92 Å². The normalized spacial score (nSPS) is 17.9. The quantitative estimate of drug-likeness (QED) is 0.916. The number of hydrogen-bond acceptors (Lipinski definition) is 3. The van der Waals surface area contributed by atoms with Gasteiger partial charge in [0.25, 0.3) is 0 Å². The fraction of sp³-hybridized carbons (Fsp3) is 0.438. The summed E-state index contributed by atoms with van der Waals surface area (Å²) in [5.41, 5.74) is 2.43. The van der Waals surface area contributed by atoms with Crippen LogP contribution in [0.5, 0.6) is 0 Å². The summed E-state index contributed by atoms with van der Waals surface area (Å²) in [6.07, 6.45) is 4.08. The van der Waals surface area contributed by atoms with Gasteiger partial charge in [0.2, 0.25) is 0 Å².